The van der Waals surface area contributed by atoms with Crippen molar-refractivity contribution in [1.29, 1.82) is 0 Å². The van der Waals surface area contributed by atoms with Gasteiger partial charge in [0.05, 0.1) is 26.8 Å². The van der Waals surface area contributed by atoms with Gasteiger partial charge in [-0.2, -0.15) is 9.97 Å². The first-order valence-electron chi connectivity index (χ1n) is 10.6. The third-order valence-electron chi connectivity index (χ3n) is 5.26. The van der Waals surface area contributed by atoms with Crippen LogP contribution in [0, 0.1) is 6.92 Å². The molecule has 0 aliphatic carbocycles. The Morgan fingerprint density at radius 2 is 1.50 bits per heavy atom. The lowest BCUT2D eigenvalue weighted by Crippen LogP contribution is -2.45. The molecule has 0 unspecified atom stereocenters. The number of ether oxygens (including phenoxy) is 2. The Balaban J connectivity index is 0.00000124. The Bertz CT molecular complexity index is 926. The predicted molar refractivity (Wildman–Crippen MR) is 120 cm³/mol. The molecule has 1 N–H and O–H groups in total. The second-order valence-electron chi connectivity index (χ2n) is 7.25. The van der Waals surface area contributed by atoms with E-state index in [1.807, 2.05) is 13.8 Å². The summed E-state index contributed by atoms with van der Waals surface area (Å²) in [5.41, 5.74) is 3.81. The van der Waals surface area contributed by atoms with Crippen LogP contribution in [0.15, 0.2) is 30.3 Å². The number of fused-ring (bicyclic) bond motifs is 1. The van der Waals surface area contributed by atoms with Crippen LogP contribution in [0.1, 0.15) is 30.9 Å². The molecule has 2 aromatic heterocycles. The van der Waals surface area contributed by atoms with E-state index in [1.54, 1.807) is 20.3 Å². The van der Waals surface area contributed by atoms with Gasteiger partial charge in [-0.3, -0.25) is 9.80 Å². The van der Waals surface area contributed by atoms with Crippen LogP contribution in [-0.4, -0.2) is 65.2 Å². The highest BCUT2D eigenvalue weighted by Gasteiger charge is 2.19. The maximum absolute atomic E-state index is 5.25. The Morgan fingerprint density at radius 1 is 0.900 bits per heavy atom. The second kappa shape index (κ2) is 10.4. The molecule has 30 heavy (non-hydrogen) atoms. The number of aromatic amines is 1. The number of methoxy groups -OCH3 is 2. The SMILES string of the molecule is CC.COc1cc(OC)nc(CN2CCN(Cc3cccc4[nH]c(C)cc34)CC2)n1. The third-order valence-corrected chi connectivity index (χ3v) is 5.26. The first-order valence-corrected chi connectivity index (χ1v) is 10.6. The lowest BCUT2D eigenvalue weighted by Gasteiger charge is -2.34. The largest absolute Gasteiger partial charge is 0.481 e. The molecule has 0 atom stereocenters. The number of nitrogens with one attached hydrogen (secondary N) is 1. The zero-order chi connectivity index (χ0) is 21.5. The molecule has 0 amide bonds. The number of rotatable bonds is 6. The summed E-state index contributed by atoms with van der Waals surface area (Å²) in [4.78, 5) is 17.2. The monoisotopic (exact) mass is 411 g/mol. The van der Waals surface area contributed by atoms with Gasteiger partial charge in [0, 0.05) is 49.3 Å². The lowest BCUT2D eigenvalue weighted by molar-refractivity contribution is 0.119. The van der Waals surface area contributed by atoms with E-state index in [0.29, 0.717) is 18.3 Å². The molecule has 0 bridgehead atoms. The maximum atomic E-state index is 5.25. The van der Waals surface area contributed by atoms with Gasteiger partial charge in [-0.15, -0.1) is 0 Å². The van der Waals surface area contributed by atoms with Gasteiger partial charge in [0.1, 0.15) is 5.82 Å². The van der Waals surface area contributed by atoms with E-state index in [1.165, 1.54) is 22.2 Å². The molecule has 7 nitrogen and oxygen atoms in total. The van der Waals surface area contributed by atoms with Crippen LogP contribution < -0.4 is 9.47 Å². The third kappa shape index (κ3) is 5.29. The fraction of sp³-hybridized carbons (Fsp3) is 0.478. The Morgan fingerprint density at radius 3 is 2.10 bits per heavy atom. The summed E-state index contributed by atoms with van der Waals surface area (Å²) < 4.78 is 10.5. The minimum Gasteiger partial charge on any atom is -0.481 e. The van der Waals surface area contributed by atoms with E-state index >= 15 is 0 Å². The molecule has 1 aliphatic heterocycles. The average Bonchev–Trinajstić information content (AvgIpc) is 3.17. The number of piperazine rings is 1. The number of aromatic nitrogens is 3. The molecule has 1 saturated heterocycles. The van der Waals surface area contributed by atoms with Gasteiger partial charge in [0.2, 0.25) is 11.8 Å². The molecule has 1 fully saturated rings. The number of hydrogen-bond acceptors (Lipinski definition) is 6. The van der Waals surface area contributed by atoms with Crippen molar-refractivity contribution in [2.24, 2.45) is 0 Å². The fourth-order valence-corrected chi connectivity index (χ4v) is 3.77. The normalized spacial score (nSPS) is 15.0. The summed E-state index contributed by atoms with van der Waals surface area (Å²) in [6.07, 6.45) is 0. The summed E-state index contributed by atoms with van der Waals surface area (Å²) in [5.74, 6) is 1.81. The van der Waals surface area contributed by atoms with E-state index < -0.39 is 0 Å². The zero-order valence-electron chi connectivity index (χ0n) is 18.7. The molecule has 0 saturated carbocycles. The summed E-state index contributed by atoms with van der Waals surface area (Å²) in [6, 6.07) is 10.5. The van der Waals surface area contributed by atoms with Crippen molar-refractivity contribution < 1.29 is 9.47 Å². The quantitative estimate of drug-likeness (QED) is 0.668. The molecule has 7 heteroatoms. The van der Waals surface area contributed by atoms with E-state index in [4.69, 9.17) is 9.47 Å². The average molecular weight is 412 g/mol. The lowest BCUT2D eigenvalue weighted by atomic mass is 10.1. The molecule has 4 rings (SSSR count). The molecule has 162 valence electrons. The smallest absolute Gasteiger partial charge is 0.220 e. The Labute approximate surface area is 179 Å². The van der Waals surface area contributed by atoms with Gasteiger partial charge in [0.25, 0.3) is 0 Å². The highest BCUT2D eigenvalue weighted by Crippen LogP contribution is 2.22. The van der Waals surface area contributed by atoms with Gasteiger partial charge in [-0.25, -0.2) is 0 Å². The van der Waals surface area contributed by atoms with E-state index in [0.717, 1.165) is 38.5 Å². The van der Waals surface area contributed by atoms with Crippen LogP contribution >= 0.6 is 0 Å². The predicted octanol–water partition coefficient (Wildman–Crippen LogP) is 3.63. The Kier molecular flexibility index (Phi) is 7.65. The Hall–Kier alpha value is -2.64. The van der Waals surface area contributed by atoms with E-state index in [-0.39, 0.29) is 0 Å². The number of benzene rings is 1. The summed E-state index contributed by atoms with van der Waals surface area (Å²) >= 11 is 0. The van der Waals surface area contributed by atoms with Gasteiger partial charge >= 0.3 is 0 Å². The van der Waals surface area contributed by atoms with Crippen molar-refractivity contribution >= 4 is 10.9 Å². The number of nitrogens with zero attached hydrogens (tertiary/aromatic N) is 4. The molecule has 1 aliphatic rings. The van der Waals surface area contributed by atoms with Crippen molar-refractivity contribution in [3.05, 3.63) is 47.4 Å². The first-order chi connectivity index (χ1) is 14.6. The van der Waals surface area contributed by atoms with Gasteiger partial charge < -0.3 is 14.5 Å². The molecular weight excluding hydrogens is 378 g/mol. The zero-order valence-corrected chi connectivity index (χ0v) is 18.7. The number of hydrogen-bond donors (Lipinski definition) is 1. The second-order valence-corrected chi connectivity index (χ2v) is 7.25. The molecule has 0 radical (unpaired) electrons. The highest BCUT2D eigenvalue weighted by atomic mass is 16.5. The van der Waals surface area contributed by atoms with Crippen molar-refractivity contribution in [3.63, 3.8) is 0 Å². The number of aryl methyl sites for hydroxylation is 1. The van der Waals surface area contributed by atoms with Crippen LogP contribution in [0.2, 0.25) is 0 Å². The van der Waals surface area contributed by atoms with Crippen LogP contribution in [0.25, 0.3) is 10.9 Å². The van der Waals surface area contributed by atoms with Gasteiger partial charge in [0.15, 0.2) is 0 Å². The number of H-pyrrole nitrogens is 1. The van der Waals surface area contributed by atoms with Gasteiger partial charge in [-0.1, -0.05) is 26.0 Å². The summed E-state index contributed by atoms with van der Waals surface area (Å²) in [5, 5.41) is 1.33. The molecule has 3 aromatic rings. The van der Waals surface area contributed by atoms with Crippen molar-refractivity contribution in [1.82, 2.24) is 24.8 Å². The molecule has 1 aromatic carbocycles. The summed E-state index contributed by atoms with van der Waals surface area (Å²) in [6.45, 7) is 11.8. The van der Waals surface area contributed by atoms with Crippen LogP contribution in [-0.2, 0) is 13.1 Å². The van der Waals surface area contributed by atoms with Crippen LogP contribution in [0.3, 0.4) is 0 Å². The molecule has 3 heterocycles. The first kappa shape index (κ1) is 22.1. The minimum absolute atomic E-state index is 0.537. The van der Waals surface area contributed by atoms with E-state index in [9.17, 15) is 0 Å². The van der Waals surface area contributed by atoms with Crippen molar-refractivity contribution in [2.45, 2.75) is 33.9 Å². The molecule has 0 spiro atoms. The fourth-order valence-electron chi connectivity index (χ4n) is 3.77. The minimum atomic E-state index is 0.537. The molecular formula is C23H33N5O2. The van der Waals surface area contributed by atoms with E-state index in [2.05, 4.69) is 55.9 Å². The van der Waals surface area contributed by atoms with Gasteiger partial charge in [-0.05, 0) is 24.6 Å². The van der Waals surface area contributed by atoms with Crippen LogP contribution in [0.5, 0.6) is 11.8 Å². The van der Waals surface area contributed by atoms with Crippen molar-refractivity contribution in [2.75, 3.05) is 40.4 Å². The highest BCUT2D eigenvalue weighted by molar-refractivity contribution is 5.83. The van der Waals surface area contributed by atoms with Crippen molar-refractivity contribution in [3.8, 4) is 11.8 Å². The maximum Gasteiger partial charge on any atom is 0.220 e. The topological polar surface area (TPSA) is 66.5 Å². The summed E-state index contributed by atoms with van der Waals surface area (Å²) in [7, 11) is 3.22. The van der Waals surface area contributed by atoms with Crippen LogP contribution in [0.4, 0.5) is 0 Å². The standard InChI is InChI=1S/C21H27N5O2.C2H6/c1-15-11-17-16(5-4-6-18(17)22-15)13-25-7-9-26(10-8-25)14-19-23-20(27-2)12-21(24-19)28-3;1-2/h4-6,11-12,22H,7-10,13-14H2,1-3H3;1-2H3.